The Morgan fingerprint density at radius 3 is 2.58 bits per heavy atom. The van der Waals surface area contributed by atoms with Crippen molar-refractivity contribution in [1.29, 1.82) is 0 Å². The van der Waals surface area contributed by atoms with Crippen LogP contribution in [0.25, 0.3) is 10.8 Å². The van der Waals surface area contributed by atoms with Crippen molar-refractivity contribution in [3.63, 3.8) is 0 Å². The van der Waals surface area contributed by atoms with Gasteiger partial charge in [0.1, 0.15) is 0 Å². The van der Waals surface area contributed by atoms with E-state index in [1.54, 1.807) is 6.07 Å². The van der Waals surface area contributed by atoms with Gasteiger partial charge >= 0.3 is 5.97 Å². The number of hydrogen-bond donors (Lipinski definition) is 0. The lowest BCUT2D eigenvalue weighted by Crippen LogP contribution is -2.15. The Hall–Kier alpha value is -2.16. The van der Waals surface area contributed by atoms with Gasteiger partial charge in [0, 0.05) is 5.56 Å². The van der Waals surface area contributed by atoms with Gasteiger partial charge in [0.15, 0.2) is 6.61 Å². The van der Waals surface area contributed by atoms with Crippen molar-refractivity contribution < 1.29 is 14.3 Å². The zero-order valence-electron chi connectivity index (χ0n) is 10.5. The van der Waals surface area contributed by atoms with Gasteiger partial charge in [-0.3, -0.25) is 9.59 Å². The normalized spacial score (nSPS) is 14.3. The van der Waals surface area contributed by atoms with E-state index in [0.717, 1.165) is 23.6 Å². The van der Waals surface area contributed by atoms with Crippen molar-refractivity contribution in [3.05, 3.63) is 48.0 Å². The van der Waals surface area contributed by atoms with E-state index in [9.17, 15) is 9.59 Å². The molecule has 0 spiro atoms. The van der Waals surface area contributed by atoms with Gasteiger partial charge in [-0.05, 0) is 23.6 Å². The van der Waals surface area contributed by atoms with Gasteiger partial charge in [-0.1, -0.05) is 42.5 Å². The molecule has 0 amide bonds. The first-order valence-corrected chi connectivity index (χ1v) is 6.43. The maximum absolute atomic E-state index is 12.1. The number of ketones is 1. The summed E-state index contributed by atoms with van der Waals surface area (Å²) in [5, 5.41) is 1.92. The molecule has 96 valence electrons. The van der Waals surface area contributed by atoms with Crippen molar-refractivity contribution in [2.75, 3.05) is 6.61 Å². The minimum Gasteiger partial charge on any atom is -0.457 e. The van der Waals surface area contributed by atoms with Crippen LogP contribution in [0, 0.1) is 5.92 Å². The SMILES string of the molecule is O=C(COC(=O)C1CC1)c1cccc2ccccc12. The summed E-state index contributed by atoms with van der Waals surface area (Å²) in [4.78, 5) is 23.6. The number of hydrogen-bond acceptors (Lipinski definition) is 3. The van der Waals surface area contributed by atoms with Crippen LogP contribution in [-0.2, 0) is 9.53 Å². The van der Waals surface area contributed by atoms with Crippen LogP contribution in [0.1, 0.15) is 23.2 Å². The van der Waals surface area contributed by atoms with Gasteiger partial charge in [-0.25, -0.2) is 0 Å². The molecule has 0 bridgehead atoms. The predicted molar refractivity (Wildman–Crippen MR) is 72.0 cm³/mol. The Balaban J connectivity index is 1.79. The third-order valence-corrected chi connectivity index (χ3v) is 3.35. The maximum atomic E-state index is 12.1. The van der Waals surface area contributed by atoms with Gasteiger partial charge in [0.2, 0.25) is 5.78 Å². The van der Waals surface area contributed by atoms with Crippen molar-refractivity contribution in [3.8, 4) is 0 Å². The van der Waals surface area contributed by atoms with E-state index in [-0.39, 0.29) is 24.3 Å². The summed E-state index contributed by atoms with van der Waals surface area (Å²) in [5.41, 5.74) is 0.613. The first kappa shape index (κ1) is 11.9. The number of carbonyl (C=O) groups is 2. The van der Waals surface area contributed by atoms with Crippen LogP contribution < -0.4 is 0 Å². The van der Waals surface area contributed by atoms with Gasteiger partial charge in [-0.15, -0.1) is 0 Å². The summed E-state index contributed by atoms with van der Waals surface area (Å²) in [6.07, 6.45) is 1.78. The second-order valence-electron chi connectivity index (χ2n) is 4.83. The highest BCUT2D eigenvalue weighted by atomic mass is 16.5. The molecule has 3 nitrogen and oxygen atoms in total. The van der Waals surface area contributed by atoms with Crippen molar-refractivity contribution >= 4 is 22.5 Å². The van der Waals surface area contributed by atoms with E-state index in [1.807, 2.05) is 36.4 Å². The summed E-state index contributed by atoms with van der Waals surface area (Å²) < 4.78 is 5.04. The molecule has 0 saturated heterocycles. The van der Waals surface area contributed by atoms with Crippen molar-refractivity contribution in [2.45, 2.75) is 12.8 Å². The molecule has 2 aromatic carbocycles. The van der Waals surface area contributed by atoms with Crippen LogP contribution in [0.4, 0.5) is 0 Å². The molecule has 19 heavy (non-hydrogen) atoms. The van der Waals surface area contributed by atoms with Crippen LogP contribution in [-0.4, -0.2) is 18.4 Å². The minimum absolute atomic E-state index is 0.0281. The number of esters is 1. The lowest BCUT2D eigenvalue weighted by atomic mass is 10.0. The largest absolute Gasteiger partial charge is 0.457 e. The van der Waals surface area contributed by atoms with Crippen LogP contribution in [0.15, 0.2) is 42.5 Å². The molecule has 1 aliphatic carbocycles. The Morgan fingerprint density at radius 1 is 1.05 bits per heavy atom. The number of ether oxygens (including phenoxy) is 1. The van der Waals surface area contributed by atoms with E-state index in [2.05, 4.69) is 0 Å². The Kier molecular flexibility index (Phi) is 3.03. The molecule has 2 aromatic rings. The zero-order chi connectivity index (χ0) is 13.2. The Morgan fingerprint density at radius 2 is 1.79 bits per heavy atom. The second kappa shape index (κ2) is 4.84. The van der Waals surface area contributed by atoms with Gasteiger partial charge in [0.05, 0.1) is 5.92 Å². The third-order valence-electron chi connectivity index (χ3n) is 3.35. The van der Waals surface area contributed by atoms with E-state index >= 15 is 0 Å². The van der Waals surface area contributed by atoms with Gasteiger partial charge < -0.3 is 4.74 Å². The molecule has 0 atom stereocenters. The highest BCUT2D eigenvalue weighted by molar-refractivity contribution is 6.09. The standard InChI is InChI=1S/C16H14O3/c17-15(10-19-16(18)12-8-9-12)14-7-3-5-11-4-1-2-6-13(11)14/h1-7,12H,8-10H2. The fourth-order valence-electron chi connectivity index (χ4n) is 2.12. The summed E-state index contributed by atoms with van der Waals surface area (Å²) >= 11 is 0. The van der Waals surface area contributed by atoms with E-state index in [4.69, 9.17) is 4.74 Å². The van der Waals surface area contributed by atoms with E-state index in [0.29, 0.717) is 5.56 Å². The van der Waals surface area contributed by atoms with E-state index < -0.39 is 0 Å². The van der Waals surface area contributed by atoms with Crippen molar-refractivity contribution in [2.24, 2.45) is 5.92 Å². The first-order chi connectivity index (χ1) is 9.25. The number of benzene rings is 2. The Labute approximate surface area is 111 Å². The van der Waals surface area contributed by atoms with E-state index in [1.165, 1.54) is 0 Å². The second-order valence-corrected chi connectivity index (χ2v) is 4.83. The molecule has 1 saturated carbocycles. The van der Waals surface area contributed by atoms with Crippen LogP contribution in [0.2, 0.25) is 0 Å². The van der Waals surface area contributed by atoms with Crippen molar-refractivity contribution in [1.82, 2.24) is 0 Å². The summed E-state index contributed by atoms with van der Waals surface area (Å²) in [7, 11) is 0. The smallest absolute Gasteiger partial charge is 0.309 e. The molecule has 0 N–H and O–H groups in total. The number of fused-ring (bicyclic) bond motifs is 1. The molecular formula is C16H14O3. The quantitative estimate of drug-likeness (QED) is 0.622. The minimum atomic E-state index is -0.242. The average molecular weight is 254 g/mol. The molecule has 0 heterocycles. The summed E-state index contributed by atoms with van der Waals surface area (Å²) in [5.74, 6) is -0.361. The average Bonchev–Trinajstić information content (AvgIpc) is 3.28. The van der Waals surface area contributed by atoms with Gasteiger partial charge in [-0.2, -0.15) is 0 Å². The molecule has 3 rings (SSSR count). The highest BCUT2D eigenvalue weighted by Crippen LogP contribution is 2.30. The molecule has 1 aliphatic rings. The fourth-order valence-corrected chi connectivity index (χ4v) is 2.12. The molecule has 1 fully saturated rings. The van der Waals surface area contributed by atoms with Crippen LogP contribution in [0.5, 0.6) is 0 Å². The molecule has 0 radical (unpaired) electrons. The summed E-state index contributed by atoms with van der Waals surface area (Å²) in [6, 6.07) is 13.3. The number of carbonyl (C=O) groups excluding carboxylic acids is 2. The predicted octanol–water partition coefficient (Wildman–Crippen LogP) is 2.98. The molecule has 0 aromatic heterocycles. The highest BCUT2D eigenvalue weighted by Gasteiger charge is 2.31. The molecular weight excluding hydrogens is 240 g/mol. The van der Waals surface area contributed by atoms with Crippen LogP contribution >= 0.6 is 0 Å². The topological polar surface area (TPSA) is 43.4 Å². The fraction of sp³-hybridized carbons (Fsp3) is 0.250. The molecule has 0 aliphatic heterocycles. The third kappa shape index (κ3) is 2.50. The zero-order valence-corrected chi connectivity index (χ0v) is 10.5. The monoisotopic (exact) mass is 254 g/mol. The molecule has 0 unspecified atom stereocenters. The maximum Gasteiger partial charge on any atom is 0.309 e. The number of rotatable bonds is 4. The summed E-state index contributed by atoms with van der Waals surface area (Å²) in [6.45, 7) is -0.163. The first-order valence-electron chi connectivity index (χ1n) is 6.43. The lowest BCUT2D eigenvalue weighted by Gasteiger charge is -2.06. The van der Waals surface area contributed by atoms with Gasteiger partial charge in [0.25, 0.3) is 0 Å². The van der Waals surface area contributed by atoms with Crippen LogP contribution in [0.3, 0.4) is 0 Å². The Bertz CT molecular complexity index is 636. The lowest BCUT2D eigenvalue weighted by molar-refractivity contribution is -0.144. The number of Topliss-reactive ketones (excluding diaryl/α,β-unsaturated/α-hetero) is 1. The molecule has 3 heteroatoms.